The summed E-state index contributed by atoms with van der Waals surface area (Å²) in [6, 6.07) is 13.5. The quantitative estimate of drug-likeness (QED) is 0.692. The van der Waals surface area contributed by atoms with Crippen molar-refractivity contribution in [3.63, 3.8) is 0 Å². The van der Waals surface area contributed by atoms with Crippen LogP contribution >= 0.6 is 23.1 Å². The Labute approximate surface area is 163 Å². The number of fused-ring (bicyclic) bond motifs is 3. The summed E-state index contributed by atoms with van der Waals surface area (Å²) in [6.07, 6.45) is 0. The van der Waals surface area contributed by atoms with E-state index in [0.29, 0.717) is 17.0 Å². The van der Waals surface area contributed by atoms with Gasteiger partial charge in [0, 0.05) is 33.2 Å². The molecular formula is C20H15FN2O2S2. The average molecular weight is 398 g/mol. The molecule has 0 saturated carbocycles. The molecule has 0 spiro atoms. The third-order valence-corrected chi connectivity index (χ3v) is 6.60. The summed E-state index contributed by atoms with van der Waals surface area (Å²) in [5, 5.41) is 2.86. The summed E-state index contributed by atoms with van der Waals surface area (Å²) in [7, 11) is 0. The van der Waals surface area contributed by atoms with Crippen molar-refractivity contribution in [1.29, 1.82) is 0 Å². The van der Waals surface area contributed by atoms with Crippen LogP contribution in [-0.2, 0) is 12.3 Å². The minimum Gasteiger partial charge on any atom is -0.366 e. The maximum absolute atomic E-state index is 13.6. The number of thiophene rings is 1. The van der Waals surface area contributed by atoms with Gasteiger partial charge in [-0.2, -0.15) is 0 Å². The first-order valence-electron chi connectivity index (χ1n) is 8.23. The van der Waals surface area contributed by atoms with Crippen molar-refractivity contribution in [2.75, 3.05) is 0 Å². The SMILES string of the molecule is NC(=O)c1cccc(CNC(=O)c2cc3c(s2)-c2cc(F)ccc2SC3)c1. The van der Waals surface area contributed by atoms with Gasteiger partial charge >= 0.3 is 0 Å². The number of amides is 2. The van der Waals surface area contributed by atoms with Crippen molar-refractivity contribution in [2.24, 2.45) is 5.73 Å². The van der Waals surface area contributed by atoms with Crippen molar-refractivity contribution >= 4 is 34.9 Å². The standard InChI is InChI=1S/C20H15FN2O2S2/c21-14-4-5-16-15(8-14)18-13(10-26-16)7-17(27-18)20(25)23-9-11-2-1-3-12(6-11)19(22)24/h1-8H,9-10H2,(H2,22,24)(H,23,25). The molecule has 3 aromatic rings. The number of halogens is 1. The summed E-state index contributed by atoms with van der Waals surface area (Å²) in [4.78, 5) is 26.4. The molecule has 1 aromatic heterocycles. The number of benzene rings is 2. The Morgan fingerprint density at radius 1 is 1.15 bits per heavy atom. The molecule has 27 heavy (non-hydrogen) atoms. The zero-order valence-electron chi connectivity index (χ0n) is 14.1. The van der Waals surface area contributed by atoms with E-state index in [9.17, 15) is 14.0 Å². The molecule has 0 fully saturated rings. The molecule has 3 N–H and O–H groups in total. The third kappa shape index (κ3) is 3.61. The third-order valence-electron chi connectivity index (χ3n) is 4.27. The molecule has 0 atom stereocenters. The maximum Gasteiger partial charge on any atom is 0.261 e. The summed E-state index contributed by atoms with van der Waals surface area (Å²) in [5.74, 6) is -0.214. The van der Waals surface area contributed by atoms with E-state index >= 15 is 0 Å². The lowest BCUT2D eigenvalue weighted by atomic mass is 10.1. The lowest BCUT2D eigenvalue weighted by molar-refractivity contribution is 0.0954. The van der Waals surface area contributed by atoms with Gasteiger partial charge in [-0.05, 0) is 47.5 Å². The number of hydrogen-bond donors (Lipinski definition) is 2. The van der Waals surface area contributed by atoms with Crippen LogP contribution in [-0.4, -0.2) is 11.8 Å². The Morgan fingerprint density at radius 3 is 2.81 bits per heavy atom. The van der Waals surface area contributed by atoms with E-state index in [1.54, 1.807) is 36.0 Å². The fourth-order valence-electron chi connectivity index (χ4n) is 2.94. The normalized spacial score (nSPS) is 12.2. The summed E-state index contributed by atoms with van der Waals surface area (Å²) in [5.41, 5.74) is 8.38. The highest BCUT2D eigenvalue weighted by Crippen LogP contribution is 2.45. The highest BCUT2D eigenvalue weighted by atomic mass is 32.2. The van der Waals surface area contributed by atoms with Gasteiger partial charge in [0.2, 0.25) is 5.91 Å². The van der Waals surface area contributed by atoms with Crippen molar-refractivity contribution in [2.45, 2.75) is 17.2 Å². The molecule has 7 heteroatoms. The number of thioether (sulfide) groups is 1. The average Bonchev–Trinajstić information content (AvgIpc) is 3.11. The molecule has 0 aliphatic carbocycles. The summed E-state index contributed by atoms with van der Waals surface area (Å²) < 4.78 is 13.6. The summed E-state index contributed by atoms with van der Waals surface area (Å²) in [6.45, 7) is 0.294. The van der Waals surface area contributed by atoms with E-state index in [4.69, 9.17) is 5.73 Å². The number of carbonyl (C=O) groups excluding carboxylic acids is 2. The van der Waals surface area contributed by atoms with E-state index in [1.807, 2.05) is 12.1 Å². The smallest absolute Gasteiger partial charge is 0.261 e. The predicted molar refractivity (Wildman–Crippen MR) is 105 cm³/mol. The van der Waals surface area contributed by atoms with Crippen molar-refractivity contribution in [3.8, 4) is 10.4 Å². The van der Waals surface area contributed by atoms with Crippen molar-refractivity contribution in [3.05, 3.63) is 75.9 Å². The molecule has 1 aliphatic heterocycles. The minimum atomic E-state index is -0.502. The van der Waals surface area contributed by atoms with E-state index in [2.05, 4.69) is 5.32 Å². The monoisotopic (exact) mass is 398 g/mol. The molecule has 0 unspecified atom stereocenters. The highest BCUT2D eigenvalue weighted by molar-refractivity contribution is 7.98. The van der Waals surface area contributed by atoms with Gasteiger partial charge in [0.25, 0.3) is 5.91 Å². The van der Waals surface area contributed by atoms with Gasteiger partial charge in [-0.1, -0.05) is 12.1 Å². The Balaban J connectivity index is 1.53. The first-order chi connectivity index (χ1) is 13.0. The predicted octanol–water partition coefficient (Wildman–Crippen LogP) is 4.19. The van der Waals surface area contributed by atoms with Crippen LogP contribution in [0.4, 0.5) is 4.39 Å². The molecule has 136 valence electrons. The van der Waals surface area contributed by atoms with E-state index in [-0.39, 0.29) is 11.7 Å². The van der Waals surface area contributed by atoms with Crippen LogP contribution in [0, 0.1) is 5.82 Å². The molecule has 4 nitrogen and oxygen atoms in total. The molecule has 0 saturated heterocycles. The van der Waals surface area contributed by atoms with Gasteiger partial charge in [0.1, 0.15) is 5.82 Å². The Bertz CT molecular complexity index is 1060. The van der Waals surface area contributed by atoms with Gasteiger partial charge in [-0.15, -0.1) is 23.1 Å². The van der Waals surface area contributed by atoms with Gasteiger partial charge < -0.3 is 11.1 Å². The fraction of sp³-hybridized carbons (Fsp3) is 0.100. The first-order valence-corrected chi connectivity index (χ1v) is 10.0. The van der Waals surface area contributed by atoms with Crippen LogP contribution in [0.3, 0.4) is 0 Å². The van der Waals surface area contributed by atoms with E-state index in [1.165, 1.54) is 23.5 Å². The van der Waals surface area contributed by atoms with Gasteiger partial charge in [-0.25, -0.2) is 4.39 Å². The van der Waals surface area contributed by atoms with Crippen LogP contribution in [0.5, 0.6) is 0 Å². The number of carbonyl (C=O) groups is 2. The second-order valence-corrected chi connectivity index (χ2v) is 8.21. The number of primary amides is 1. The highest BCUT2D eigenvalue weighted by Gasteiger charge is 2.22. The summed E-state index contributed by atoms with van der Waals surface area (Å²) >= 11 is 3.02. The van der Waals surface area contributed by atoms with Crippen LogP contribution in [0.25, 0.3) is 10.4 Å². The number of hydrogen-bond acceptors (Lipinski definition) is 4. The number of rotatable bonds is 4. The maximum atomic E-state index is 13.6. The number of nitrogens with one attached hydrogen (secondary N) is 1. The van der Waals surface area contributed by atoms with Gasteiger partial charge in [0.05, 0.1) is 4.88 Å². The van der Waals surface area contributed by atoms with E-state index in [0.717, 1.165) is 32.2 Å². The first kappa shape index (κ1) is 17.8. The molecule has 4 rings (SSSR count). The van der Waals surface area contributed by atoms with Gasteiger partial charge in [-0.3, -0.25) is 9.59 Å². The van der Waals surface area contributed by atoms with Crippen LogP contribution in [0.2, 0.25) is 0 Å². The van der Waals surface area contributed by atoms with Crippen molar-refractivity contribution < 1.29 is 14.0 Å². The van der Waals surface area contributed by atoms with Crippen LogP contribution < -0.4 is 11.1 Å². The molecular weight excluding hydrogens is 383 g/mol. The minimum absolute atomic E-state index is 0.193. The van der Waals surface area contributed by atoms with Crippen molar-refractivity contribution in [1.82, 2.24) is 5.32 Å². The lowest BCUT2D eigenvalue weighted by Crippen LogP contribution is -2.22. The Morgan fingerprint density at radius 2 is 2.00 bits per heavy atom. The second kappa shape index (κ2) is 7.17. The second-order valence-electron chi connectivity index (χ2n) is 6.14. The number of nitrogens with two attached hydrogens (primary N) is 1. The molecule has 0 bridgehead atoms. The topological polar surface area (TPSA) is 72.2 Å². The molecule has 2 aromatic carbocycles. The lowest BCUT2D eigenvalue weighted by Gasteiger charge is -2.15. The molecule has 2 amide bonds. The molecule has 0 radical (unpaired) electrons. The zero-order valence-corrected chi connectivity index (χ0v) is 15.8. The van der Waals surface area contributed by atoms with E-state index < -0.39 is 5.91 Å². The van der Waals surface area contributed by atoms with Gasteiger partial charge in [0.15, 0.2) is 0 Å². The Kier molecular flexibility index (Phi) is 4.72. The van der Waals surface area contributed by atoms with Crippen LogP contribution in [0.15, 0.2) is 53.4 Å². The Hall–Kier alpha value is -2.64. The molecule has 1 aliphatic rings. The zero-order chi connectivity index (χ0) is 19.0. The van der Waals surface area contributed by atoms with Crippen LogP contribution in [0.1, 0.15) is 31.2 Å². The fourth-order valence-corrected chi connectivity index (χ4v) is 5.24. The molecule has 2 heterocycles. The largest absolute Gasteiger partial charge is 0.366 e.